The fourth-order valence-electron chi connectivity index (χ4n) is 3.67. The minimum absolute atomic E-state index is 0.00676. The quantitative estimate of drug-likeness (QED) is 0.708. The molecule has 2 saturated carbocycles. The van der Waals surface area contributed by atoms with Crippen LogP contribution in [-0.4, -0.2) is 35.7 Å². The molecule has 0 amide bonds. The molecule has 15 heavy (non-hydrogen) atoms. The molecule has 2 fully saturated rings. The Bertz CT molecular complexity index is 307. The molecular weight excluding hydrogens is 318 g/mol. The third-order valence-electron chi connectivity index (χ3n) is 5.11. The molecule has 0 unspecified atom stereocenters. The van der Waals surface area contributed by atoms with Crippen LogP contribution >= 0.6 is 0 Å². The van der Waals surface area contributed by atoms with E-state index < -0.39 is 0 Å². The molecule has 0 aromatic carbocycles. The van der Waals surface area contributed by atoms with E-state index in [9.17, 15) is 4.79 Å². The average molecular weight is 338 g/mol. The predicted molar refractivity (Wildman–Crippen MR) is 65.5 cm³/mol. The number of ketones is 1. The fourth-order valence-corrected chi connectivity index (χ4v) is 10.5. The van der Waals surface area contributed by atoms with Gasteiger partial charge < -0.3 is 0 Å². The van der Waals surface area contributed by atoms with Crippen LogP contribution in [0, 0.1) is 16.7 Å². The number of carbonyl (C=O) groups excluding carboxylic acids is 1. The minimum atomic E-state index is -0.00676. The Morgan fingerprint density at radius 2 is 1.73 bits per heavy atom. The number of hydrogen-bond donors (Lipinski definition) is 0. The van der Waals surface area contributed by atoms with Crippen LogP contribution < -0.4 is 0 Å². The first-order valence-electron chi connectivity index (χ1n) is 5.52. The van der Waals surface area contributed by atoms with E-state index in [2.05, 4.69) is 32.4 Å². The summed E-state index contributed by atoms with van der Waals surface area (Å²) in [5.74, 6) is 5.85. The molecule has 1 nitrogen and oxygen atoms in total. The third-order valence-corrected chi connectivity index (χ3v) is 13.3. The van der Waals surface area contributed by atoms with Gasteiger partial charge in [-0.25, -0.2) is 0 Å². The molecule has 0 N–H and O–H groups in total. The number of fused-ring (bicyclic) bond motifs is 2. The van der Waals surface area contributed by atoms with Gasteiger partial charge in [0.1, 0.15) is 0 Å². The number of rotatable bonds is 2. The van der Waals surface area contributed by atoms with Crippen LogP contribution in [0.1, 0.15) is 33.6 Å². The summed E-state index contributed by atoms with van der Waals surface area (Å²) in [6, 6.07) is 0. The number of carbonyl (C=O) groups is 1. The molecule has 2 rings (SSSR count). The Morgan fingerprint density at radius 3 is 2.00 bits per heavy atom. The maximum atomic E-state index is 12.7. The van der Waals surface area contributed by atoms with Gasteiger partial charge in [-0.1, -0.05) is 0 Å². The van der Waals surface area contributed by atoms with Gasteiger partial charge in [-0.15, -0.1) is 0 Å². The third kappa shape index (κ3) is 1.14. The van der Waals surface area contributed by atoms with Gasteiger partial charge in [0.2, 0.25) is 0 Å². The van der Waals surface area contributed by atoms with Gasteiger partial charge in [-0.05, 0) is 0 Å². The van der Waals surface area contributed by atoms with Crippen LogP contribution in [0.3, 0.4) is 0 Å². The van der Waals surface area contributed by atoms with Gasteiger partial charge in [0, 0.05) is 0 Å². The van der Waals surface area contributed by atoms with E-state index in [4.69, 9.17) is 0 Å². The van der Waals surface area contributed by atoms with Gasteiger partial charge in [0.05, 0.1) is 0 Å². The summed E-state index contributed by atoms with van der Waals surface area (Å²) < 4.78 is 0.135. The Kier molecular flexibility index (Phi) is 2.72. The average Bonchev–Trinajstić information content (AvgIpc) is 2.50. The van der Waals surface area contributed by atoms with E-state index in [0.717, 1.165) is 6.42 Å². The first-order valence-corrected chi connectivity index (χ1v) is 10.7. The van der Waals surface area contributed by atoms with Gasteiger partial charge in [0.15, 0.2) is 0 Å². The van der Waals surface area contributed by atoms with Crippen LogP contribution in [0.5, 0.6) is 0 Å². The zero-order chi connectivity index (χ0) is 11.5. The summed E-state index contributed by atoms with van der Waals surface area (Å²) in [6.45, 7) is 6.90. The fraction of sp³-hybridized carbons (Fsp3) is 0.917. The topological polar surface area (TPSA) is 17.1 Å². The molecule has 2 atom stereocenters. The summed E-state index contributed by atoms with van der Waals surface area (Å²) >= 11 is 0.970. The maximum absolute atomic E-state index is 12.7. The SMILES string of the molecule is C[Se]C1([Se]C)C(=O)[C@]2(C)CC[C@H]1C2(C)C. The monoisotopic (exact) mass is 340 g/mol. The molecule has 2 aliphatic rings. The summed E-state index contributed by atoms with van der Waals surface area (Å²) in [7, 11) is 0. The van der Waals surface area contributed by atoms with Crippen molar-refractivity contribution in [2.24, 2.45) is 16.7 Å². The zero-order valence-corrected chi connectivity index (χ0v) is 13.6. The van der Waals surface area contributed by atoms with Crippen molar-refractivity contribution in [3.63, 3.8) is 0 Å². The van der Waals surface area contributed by atoms with Crippen LogP contribution in [0.25, 0.3) is 0 Å². The molecule has 0 heterocycles. The molecule has 0 aliphatic heterocycles. The van der Waals surface area contributed by atoms with Crippen molar-refractivity contribution in [3.05, 3.63) is 0 Å². The second kappa shape index (κ2) is 3.35. The van der Waals surface area contributed by atoms with Crippen LogP contribution in [0.4, 0.5) is 0 Å². The van der Waals surface area contributed by atoms with E-state index >= 15 is 0 Å². The molecule has 0 radical (unpaired) electrons. The van der Waals surface area contributed by atoms with Crippen molar-refractivity contribution in [2.45, 2.75) is 48.5 Å². The van der Waals surface area contributed by atoms with E-state index in [0.29, 0.717) is 41.6 Å². The summed E-state index contributed by atoms with van der Waals surface area (Å²) in [5.41, 5.74) is 0.243. The Labute approximate surface area is 105 Å². The van der Waals surface area contributed by atoms with E-state index in [-0.39, 0.29) is 14.0 Å². The molecule has 2 aliphatic carbocycles. The molecule has 0 aromatic heterocycles. The van der Waals surface area contributed by atoms with Crippen molar-refractivity contribution in [3.8, 4) is 0 Å². The molecule has 3 heteroatoms. The van der Waals surface area contributed by atoms with E-state index in [1.165, 1.54) is 6.42 Å². The van der Waals surface area contributed by atoms with Gasteiger partial charge in [-0.2, -0.15) is 0 Å². The van der Waals surface area contributed by atoms with Crippen molar-refractivity contribution in [1.29, 1.82) is 0 Å². The Balaban J connectivity index is 2.55. The predicted octanol–water partition coefficient (Wildman–Crippen LogP) is 2.63. The molecule has 2 bridgehead atoms. The molecule has 0 spiro atoms. The summed E-state index contributed by atoms with van der Waals surface area (Å²) in [4.78, 5) is 12.7. The zero-order valence-electron chi connectivity index (χ0n) is 10.2. The summed E-state index contributed by atoms with van der Waals surface area (Å²) in [6.07, 6.45) is 2.43. The molecule has 0 saturated heterocycles. The summed E-state index contributed by atoms with van der Waals surface area (Å²) in [5, 5.41) is 0. The van der Waals surface area contributed by atoms with Gasteiger partial charge >= 0.3 is 106 Å². The van der Waals surface area contributed by atoms with Gasteiger partial charge in [0.25, 0.3) is 0 Å². The van der Waals surface area contributed by atoms with Crippen molar-refractivity contribution >= 4 is 35.7 Å². The normalized spacial score (nSPS) is 41.1. The first-order chi connectivity index (χ1) is 6.87. The van der Waals surface area contributed by atoms with Crippen LogP contribution in [0.15, 0.2) is 0 Å². The van der Waals surface area contributed by atoms with E-state index in [1.54, 1.807) is 0 Å². The Hall–Kier alpha value is 0.709. The molecule has 86 valence electrons. The van der Waals surface area contributed by atoms with Crippen molar-refractivity contribution in [1.82, 2.24) is 0 Å². The van der Waals surface area contributed by atoms with Crippen molar-refractivity contribution < 1.29 is 4.79 Å². The molecular formula is C12H20OSe2. The van der Waals surface area contributed by atoms with Gasteiger partial charge in [-0.3, -0.25) is 0 Å². The van der Waals surface area contributed by atoms with Crippen LogP contribution in [-0.2, 0) is 4.79 Å². The number of Topliss-reactive ketones (excluding diaryl/α,β-unsaturated/α-hetero) is 1. The first kappa shape index (κ1) is 12.2. The van der Waals surface area contributed by atoms with Crippen LogP contribution in [0.2, 0.25) is 14.9 Å². The Morgan fingerprint density at radius 1 is 1.20 bits per heavy atom. The molecule has 0 aromatic rings. The second-order valence-electron chi connectivity index (χ2n) is 5.55. The van der Waals surface area contributed by atoms with E-state index in [1.807, 2.05) is 0 Å². The second-order valence-corrected chi connectivity index (χ2v) is 11.3. The standard InChI is InChI=1S/C12H20OSe2/c1-10(2)8-6-7-11(10,3)9(13)12(8,14-4)15-5/h8H,6-7H2,1-5H3/t8-,11-/m0/s1. The van der Waals surface area contributed by atoms with Crippen molar-refractivity contribution in [2.75, 3.05) is 0 Å². The number of hydrogen-bond acceptors (Lipinski definition) is 1.